The van der Waals surface area contributed by atoms with Crippen LogP contribution in [0.15, 0.2) is 24.4 Å². The molecule has 2 aromatic rings. The van der Waals surface area contributed by atoms with E-state index >= 15 is 0 Å². The maximum Gasteiger partial charge on any atom is 0.130 e. The summed E-state index contributed by atoms with van der Waals surface area (Å²) in [6.07, 6.45) is 2.69. The molecule has 1 heterocycles. The van der Waals surface area contributed by atoms with E-state index in [-0.39, 0.29) is 17.8 Å². The van der Waals surface area contributed by atoms with Crippen molar-refractivity contribution in [2.75, 3.05) is 0 Å². The number of hydrogen-bond acceptors (Lipinski definition) is 2. The molecule has 0 aliphatic heterocycles. The van der Waals surface area contributed by atoms with Crippen molar-refractivity contribution >= 4 is 16.7 Å². The number of nitrogens with one attached hydrogen (secondary N) is 1. The molecule has 3 nitrogen and oxygen atoms in total. The van der Waals surface area contributed by atoms with Gasteiger partial charge in [-0.15, -0.1) is 0 Å². The van der Waals surface area contributed by atoms with Crippen LogP contribution < -0.4 is 4.74 Å². The number of H-pyrrole nitrogens is 1. The van der Waals surface area contributed by atoms with Crippen LogP contribution in [0.25, 0.3) is 10.9 Å². The number of ketones is 1. The quantitative estimate of drug-likeness (QED) is 0.880. The number of ether oxygens (including phenoxy) is 1. The number of aromatic nitrogens is 1. The van der Waals surface area contributed by atoms with Crippen LogP contribution in [-0.4, -0.2) is 16.9 Å². The number of Topliss-reactive ketones (excluding diaryl/α,β-unsaturated/α-hetero) is 1. The van der Waals surface area contributed by atoms with Gasteiger partial charge in [-0.3, -0.25) is 0 Å². The van der Waals surface area contributed by atoms with Crippen LogP contribution >= 0.6 is 0 Å². The summed E-state index contributed by atoms with van der Waals surface area (Å²) in [7, 11) is 0. The van der Waals surface area contributed by atoms with Crippen LogP contribution in [0.5, 0.6) is 5.75 Å². The van der Waals surface area contributed by atoms with Gasteiger partial charge in [-0.25, -0.2) is 0 Å². The summed E-state index contributed by atoms with van der Waals surface area (Å²) in [5.74, 6) is 1.30. The summed E-state index contributed by atoms with van der Waals surface area (Å²) >= 11 is 0. The lowest BCUT2D eigenvalue weighted by Gasteiger charge is -2.14. The van der Waals surface area contributed by atoms with Gasteiger partial charge in [-0.2, -0.15) is 0 Å². The molecule has 1 N–H and O–H groups in total. The monoisotopic (exact) mass is 259 g/mol. The molecule has 102 valence electrons. The second kappa shape index (κ2) is 5.47. The molecule has 19 heavy (non-hydrogen) atoms. The van der Waals surface area contributed by atoms with Crippen molar-refractivity contribution in [1.82, 2.24) is 4.98 Å². The van der Waals surface area contributed by atoms with Gasteiger partial charge in [-0.1, -0.05) is 13.0 Å². The van der Waals surface area contributed by atoms with Gasteiger partial charge in [0, 0.05) is 23.5 Å². The van der Waals surface area contributed by atoms with E-state index in [0.29, 0.717) is 6.42 Å². The lowest BCUT2D eigenvalue weighted by molar-refractivity contribution is -0.117. The number of aromatic amines is 1. The Morgan fingerprint density at radius 3 is 2.68 bits per heavy atom. The van der Waals surface area contributed by atoms with Crippen molar-refractivity contribution in [2.45, 2.75) is 46.1 Å². The lowest BCUT2D eigenvalue weighted by Crippen LogP contribution is -2.06. The summed E-state index contributed by atoms with van der Waals surface area (Å²) in [6.45, 7) is 7.75. The highest BCUT2D eigenvalue weighted by Gasteiger charge is 2.16. The third kappa shape index (κ3) is 2.98. The summed E-state index contributed by atoms with van der Waals surface area (Å²) in [4.78, 5) is 14.6. The first-order chi connectivity index (χ1) is 8.99. The Hall–Kier alpha value is -1.77. The van der Waals surface area contributed by atoms with Crippen molar-refractivity contribution in [3.05, 3.63) is 30.0 Å². The Kier molecular flexibility index (Phi) is 3.93. The predicted octanol–water partition coefficient (Wildman–Crippen LogP) is 4.04. The molecule has 0 aliphatic rings. The highest BCUT2D eigenvalue weighted by molar-refractivity contribution is 5.90. The number of hydrogen-bond donors (Lipinski definition) is 1. The van der Waals surface area contributed by atoms with E-state index in [9.17, 15) is 4.79 Å². The van der Waals surface area contributed by atoms with E-state index in [0.717, 1.165) is 22.2 Å². The first-order valence-corrected chi connectivity index (χ1v) is 6.75. The minimum atomic E-state index is 0.136. The normalized spacial score (nSPS) is 12.9. The van der Waals surface area contributed by atoms with Gasteiger partial charge in [0.2, 0.25) is 0 Å². The van der Waals surface area contributed by atoms with Gasteiger partial charge < -0.3 is 14.5 Å². The summed E-state index contributed by atoms with van der Waals surface area (Å²) < 4.78 is 5.88. The minimum Gasteiger partial charge on any atom is -0.490 e. The molecule has 1 unspecified atom stereocenters. The number of carbonyl (C=O) groups excluding carboxylic acids is 1. The SMILES string of the molecule is CC(=O)CC(C)c1c[nH]c2cccc(OC(C)C)c12. The number of carbonyl (C=O) groups is 1. The summed E-state index contributed by atoms with van der Waals surface area (Å²) in [5.41, 5.74) is 2.21. The Morgan fingerprint density at radius 1 is 1.32 bits per heavy atom. The molecule has 0 saturated carbocycles. The van der Waals surface area contributed by atoms with E-state index < -0.39 is 0 Å². The van der Waals surface area contributed by atoms with E-state index in [1.165, 1.54) is 0 Å². The Balaban J connectivity index is 2.47. The largest absolute Gasteiger partial charge is 0.490 e. The van der Waals surface area contributed by atoms with Crippen LogP contribution in [0, 0.1) is 0 Å². The zero-order valence-corrected chi connectivity index (χ0v) is 12.0. The fourth-order valence-corrected chi connectivity index (χ4v) is 2.46. The van der Waals surface area contributed by atoms with Crippen molar-refractivity contribution in [2.24, 2.45) is 0 Å². The maximum atomic E-state index is 11.3. The molecular formula is C16H21NO2. The fourth-order valence-electron chi connectivity index (χ4n) is 2.46. The molecule has 1 aromatic heterocycles. The molecule has 2 rings (SSSR count). The maximum absolute atomic E-state index is 11.3. The first kappa shape index (κ1) is 13.7. The van der Waals surface area contributed by atoms with Crippen molar-refractivity contribution in [1.29, 1.82) is 0 Å². The van der Waals surface area contributed by atoms with Gasteiger partial charge in [-0.05, 0) is 44.4 Å². The third-order valence-corrected chi connectivity index (χ3v) is 3.19. The number of fused-ring (bicyclic) bond motifs is 1. The van der Waals surface area contributed by atoms with E-state index in [1.807, 2.05) is 38.2 Å². The molecule has 0 radical (unpaired) electrons. The molecule has 0 amide bonds. The average molecular weight is 259 g/mol. The van der Waals surface area contributed by atoms with Crippen LogP contribution in [0.1, 0.15) is 45.6 Å². The van der Waals surface area contributed by atoms with E-state index in [4.69, 9.17) is 4.74 Å². The number of benzene rings is 1. The number of rotatable bonds is 5. The van der Waals surface area contributed by atoms with E-state index in [2.05, 4.69) is 11.9 Å². The fraction of sp³-hybridized carbons (Fsp3) is 0.438. The van der Waals surface area contributed by atoms with Crippen LogP contribution in [-0.2, 0) is 4.79 Å². The van der Waals surface area contributed by atoms with Crippen molar-refractivity contribution < 1.29 is 9.53 Å². The molecule has 1 aromatic carbocycles. The highest BCUT2D eigenvalue weighted by atomic mass is 16.5. The summed E-state index contributed by atoms with van der Waals surface area (Å²) in [6, 6.07) is 6.00. The van der Waals surface area contributed by atoms with Crippen LogP contribution in [0.4, 0.5) is 0 Å². The van der Waals surface area contributed by atoms with Crippen molar-refractivity contribution in [3.63, 3.8) is 0 Å². The van der Waals surface area contributed by atoms with Gasteiger partial charge in [0.25, 0.3) is 0 Å². The minimum absolute atomic E-state index is 0.136. The third-order valence-electron chi connectivity index (χ3n) is 3.19. The Morgan fingerprint density at radius 2 is 2.05 bits per heavy atom. The Labute approximate surface area is 114 Å². The van der Waals surface area contributed by atoms with Crippen molar-refractivity contribution in [3.8, 4) is 5.75 Å². The molecule has 0 fully saturated rings. The first-order valence-electron chi connectivity index (χ1n) is 6.75. The second-order valence-corrected chi connectivity index (χ2v) is 5.40. The van der Waals surface area contributed by atoms with Gasteiger partial charge >= 0.3 is 0 Å². The zero-order chi connectivity index (χ0) is 14.0. The molecule has 0 saturated heterocycles. The second-order valence-electron chi connectivity index (χ2n) is 5.40. The van der Waals surface area contributed by atoms with Crippen LogP contribution in [0.3, 0.4) is 0 Å². The van der Waals surface area contributed by atoms with Gasteiger partial charge in [0.05, 0.1) is 6.10 Å². The molecule has 3 heteroatoms. The standard InChI is InChI=1S/C16H21NO2/c1-10(2)19-15-7-5-6-14-16(15)13(9-17-14)11(3)8-12(4)18/h5-7,9-11,17H,8H2,1-4H3. The van der Waals surface area contributed by atoms with Gasteiger partial charge in [0.1, 0.15) is 11.5 Å². The lowest BCUT2D eigenvalue weighted by atomic mass is 9.95. The molecule has 0 bridgehead atoms. The zero-order valence-electron chi connectivity index (χ0n) is 12.0. The highest BCUT2D eigenvalue weighted by Crippen LogP contribution is 2.34. The van der Waals surface area contributed by atoms with E-state index in [1.54, 1.807) is 6.92 Å². The predicted molar refractivity (Wildman–Crippen MR) is 77.8 cm³/mol. The average Bonchev–Trinajstić information content (AvgIpc) is 2.72. The molecule has 1 atom stereocenters. The molecule has 0 spiro atoms. The Bertz CT molecular complexity index is 583. The summed E-state index contributed by atoms with van der Waals surface area (Å²) in [5, 5.41) is 1.10. The smallest absolute Gasteiger partial charge is 0.130 e. The van der Waals surface area contributed by atoms with Crippen LogP contribution in [0.2, 0.25) is 0 Å². The topological polar surface area (TPSA) is 42.1 Å². The molecular weight excluding hydrogens is 238 g/mol. The van der Waals surface area contributed by atoms with Gasteiger partial charge in [0.15, 0.2) is 0 Å². The molecule has 0 aliphatic carbocycles.